The zero-order chi connectivity index (χ0) is 18.5. The Hall–Kier alpha value is -2.53. The first-order valence-electron chi connectivity index (χ1n) is 9.14. The molecule has 0 aliphatic carbocycles. The number of rotatable bonds is 5. The van der Waals surface area contributed by atoms with E-state index >= 15 is 0 Å². The summed E-state index contributed by atoms with van der Waals surface area (Å²) in [7, 11) is 0. The van der Waals surface area contributed by atoms with Gasteiger partial charge in [0, 0.05) is 18.8 Å². The second-order valence-electron chi connectivity index (χ2n) is 6.59. The lowest BCUT2D eigenvalue weighted by Gasteiger charge is -2.29. The molecule has 0 radical (unpaired) electrons. The van der Waals surface area contributed by atoms with E-state index in [2.05, 4.69) is 22.3 Å². The molecule has 1 saturated heterocycles. The fraction of sp³-hybridized carbons (Fsp3) is 0.381. The maximum Gasteiger partial charge on any atom is 0.255 e. The Morgan fingerprint density at radius 3 is 2.54 bits per heavy atom. The van der Waals surface area contributed by atoms with Gasteiger partial charge in [0.15, 0.2) is 0 Å². The molecular weight excluding hydrogens is 328 g/mol. The lowest BCUT2D eigenvalue weighted by atomic mass is 10.0. The molecule has 3 rings (SSSR count). The van der Waals surface area contributed by atoms with Crippen molar-refractivity contribution in [2.24, 2.45) is 0 Å². The Kier molecular flexibility index (Phi) is 5.78. The zero-order valence-electron chi connectivity index (χ0n) is 15.4. The molecule has 1 fully saturated rings. The largest absolute Gasteiger partial charge is 0.507 e. The van der Waals surface area contributed by atoms with Gasteiger partial charge in [-0.1, -0.05) is 25.1 Å². The van der Waals surface area contributed by atoms with Gasteiger partial charge in [0.1, 0.15) is 5.75 Å². The summed E-state index contributed by atoms with van der Waals surface area (Å²) in [6, 6.07) is 13.3. The van der Waals surface area contributed by atoms with Gasteiger partial charge >= 0.3 is 0 Å². The van der Waals surface area contributed by atoms with Gasteiger partial charge in [0.2, 0.25) is 0 Å². The summed E-state index contributed by atoms with van der Waals surface area (Å²) in [5, 5.41) is 13.0. The smallest absolute Gasteiger partial charge is 0.255 e. The number of carbonyl (C=O) groups excluding carboxylic acids is 1. The molecule has 5 heteroatoms. The summed E-state index contributed by atoms with van der Waals surface area (Å²) in [5.41, 5.74) is 3.54. The van der Waals surface area contributed by atoms with Gasteiger partial charge in [-0.2, -0.15) is 0 Å². The number of phenols is 1. The summed E-state index contributed by atoms with van der Waals surface area (Å²) < 4.78 is 5.39. The van der Waals surface area contributed by atoms with Crippen molar-refractivity contribution in [3.05, 3.63) is 59.2 Å². The maximum absolute atomic E-state index is 12.5. The van der Waals surface area contributed by atoms with Crippen molar-refractivity contribution < 1.29 is 14.6 Å². The standard InChI is InChI=1S/C21H26N2O3/c1-3-16-4-9-20(24)19(14-16)21(25)22-15(2)17-5-7-18(8-6-17)23-10-12-26-13-11-23/h4-9,14-15,24H,3,10-13H2,1-2H3,(H,22,25). The van der Waals surface area contributed by atoms with E-state index in [-0.39, 0.29) is 17.7 Å². The van der Waals surface area contributed by atoms with E-state index in [1.165, 1.54) is 5.69 Å². The first-order chi connectivity index (χ1) is 12.6. The van der Waals surface area contributed by atoms with Crippen molar-refractivity contribution in [1.29, 1.82) is 0 Å². The summed E-state index contributed by atoms with van der Waals surface area (Å²) in [4.78, 5) is 14.8. The highest BCUT2D eigenvalue weighted by Crippen LogP contribution is 2.23. The Bertz CT molecular complexity index is 752. The molecule has 2 aromatic carbocycles. The first kappa shape index (κ1) is 18.3. The SMILES string of the molecule is CCc1ccc(O)c(C(=O)NC(C)c2ccc(N3CCOCC3)cc2)c1. The zero-order valence-corrected chi connectivity index (χ0v) is 15.4. The van der Waals surface area contributed by atoms with Gasteiger partial charge in [0.05, 0.1) is 24.8 Å². The number of amides is 1. The molecule has 0 bridgehead atoms. The third-order valence-corrected chi connectivity index (χ3v) is 4.83. The Balaban J connectivity index is 1.67. The number of carbonyl (C=O) groups is 1. The predicted molar refractivity (Wildman–Crippen MR) is 103 cm³/mol. The van der Waals surface area contributed by atoms with Crippen molar-refractivity contribution in [1.82, 2.24) is 5.32 Å². The molecule has 1 heterocycles. The number of hydrogen-bond acceptors (Lipinski definition) is 4. The van der Waals surface area contributed by atoms with Crippen molar-refractivity contribution in [2.75, 3.05) is 31.2 Å². The lowest BCUT2D eigenvalue weighted by Crippen LogP contribution is -2.36. The number of ether oxygens (including phenoxy) is 1. The second kappa shape index (κ2) is 8.23. The van der Waals surface area contributed by atoms with Crippen LogP contribution < -0.4 is 10.2 Å². The van der Waals surface area contributed by atoms with Crippen LogP contribution in [0.15, 0.2) is 42.5 Å². The number of benzene rings is 2. The van der Waals surface area contributed by atoms with Crippen LogP contribution in [0.25, 0.3) is 0 Å². The Morgan fingerprint density at radius 2 is 1.88 bits per heavy atom. The fourth-order valence-corrected chi connectivity index (χ4v) is 3.14. The van der Waals surface area contributed by atoms with E-state index in [0.717, 1.165) is 43.9 Å². The summed E-state index contributed by atoms with van der Waals surface area (Å²) >= 11 is 0. The maximum atomic E-state index is 12.5. The molecule has 2 N–H and O–H groups in total. The topological polar surface area (TPSA) is 61.8 Å². The van der Waals surface area contributed by atoms with E-state index in [4.69, 9.17) is 4.74 Å². The number of nitrogens with zero attached hydrogens (tertiary/aromatic N) is 1. The molecule has 1 atom stereocenters. The number of anilines is 1. The van der Waals surface area contributed by atoms with Crippen LogP contribution in [0.5, 0.6) is 5.75 Å². The number of nitrogens with one attached hydrogen (secondary N) is 1. The lowest BCUT2D eigenvalue weighted by molar-refractivity contribution is 0.0937. The normalized spacial score (nSPS) is 15.5. The molecule has 1 unspecified atom stereocenters. The van der Waals surface area contributed by atoms with Gasteiger partial charge in [0.25, 0.3) is 5.91 Å². The van der Waals surface area contributed by atoms with Gasteiger partial charge in [-0.15, -0.1) is 0 Å². The summed E-state index contributed by atoms with van der Waals surface area (Å²) in [5.74, 6) is -0.253. The highest BCUT2D eigenvalue weighted by atomic mass is 16.5. The van der Waals surface area contributed by atoms with Crippen molar-refractivity contribution in [3.8, 4) is 5.75 Å². The highest BCUT2D eigenvalue weighted by molar-refractivity contribution is 5.97. The molecule has 5 nitrogen and oxygen atoms in total. The van der Waals surface area contributed by atoms with Crippen LogP contribution in [0, 0.1) is 0 Å². The highest BCUT2D eigenvalue weighted by Gasteiger charge is 2.16. The van der Waals surface area contributed by atoms with Crippen molar-refractivity contribution in [2.45, 2.75) is 26.3 Å². The van der Waals surface area contributed by atoms with Gasteiger partial charge < -0.3 is 20.1 Å². The van der Waals surface area contributed by atoms with E-state index in [9.17, 15) is 9.90 Å². The Morgan fingerprint density at radius 1 is 1.19 bits per heavy atom. The number of aryl methyl sites for hydroxylation is 1. The minimum absolute atomic E-state index is 0.00886. The fourth-order valence-electron chi connectivity index (χ4n) is 3.14. The van der Waals surface area contributed by atoms with E-state index < -0.39 is 0 Å². The van der Waals surface area contributed by atoms with Crippen LogP contribution in [0.4, 0.5) is 5.69 Å². The molecule has 0 spiro atoms. The minimum atomic E-state index is -0.262. The number of hydrogen-bond donors (Lipinski definition) is 2. The minimum Gasteiger partial charge on any atom is -0.507 e. The van der Waals surface area contributed by atoms with E-state index in [0.29, 0.717) is 5.56 Å². The van der Waals surface area contributed by atoms with Gasteiger partial charge in [-0.25, -0.2) is 0 Å². The average Bonchev–Trinajstić information content (AvgIpc) is 2.69. The van der Waals surface area contributed by atoms with Crippen molar-refractivity contribution in [3.63, 3.8) is 0 Å². The number of morpholine rings is 1. The monoisotopic (exact) mass is 354 g/mol. The van der Waals surface area contributed by atoms with E-state index in [1.54, 1.807) is 12.1 Å². The summed E-state index contributed by atoms with van der Waals surface area (Å²) in [6.45, 7) is 7.29. The van der Waals surface area contributed by atoms with Gasteiger partial charge in [-0.3, -0.25) is 4.79 Å². The van der Waals surface area contributed by atoms with Crippen LogP contribution in [0.2, 0.25) is 0 Å². The number of aromatic hydroxyl groups is 1. The molecule has 26 heavy (non-hydrogen) atoms. The molecule has 138 valence electrons. The van der Waals surface area contributed by atoms with Crippen LogP contribution in [-0.4, -0.2) is 37.3 Å². The first-order valence-corrected chi connectivity index (χ1v) is 9.14. The molecule has 1 aliphatic heterocycles. The predicted octanol–water partition coefficient (Wildman–Crippen LogP) is 3.28. The van der Waals surface area contributed by atoms with E-state index in [1.807, 2.05) is 32.0 Å². The molecule has 0 saturated carbocycles. The Labute approximate surface area is 154 Å². The second-order valence-corrected chi connectivity index (χ2v) is 6.59. The van der Waals surface area contributed by atoms with Crippen LogP contribution in [0.3, 0.4) is 0 Å². The average molecular weight is 354 g/mol. The van der Waals surface area contributed by atoms with Crippen LogP contribution in [-0.2, 0) is 11.2 Å². The number of phenolic OH excluding ortho intramolecular Hbond substituents is 1. The third-order valence-electron chi connectivity index (χ3n) is 4.83. The van der Waals surface area contributed by atoms with Crippen molar-refractivity contribution >= 4 is 11.6 Å². The molecule has 2 aromatic rings. The molecule has 1 aliphatic rings. The molecule has 1 amide bonds. The molecule has 0 aromatic heterocycles. The summed E-state index contributed by atoms with van der Waals surface area (Å²) in [6.07, 6.45) is 0.819. The third kappa shape index (κ3) is 4.17. The quantitative estimate of drug-likeness (QED) is 0.865. The van der Waals surface area contributed by atoms with Crippen LogP contribution in [0.1, 0.15) is 41.4 Å². The van der Waals surface area contributed by atoms with Crippen LogP contribution >= 0.6 is 0 Å². The molecular formula is C21H26N2O3. The van der Waals surface area contributed by atoms with Gasteiger partial charge in [-0.05, 0) is 48.7 Å².